The van der Waals surface area contributed by atoms with Crippen LogP contribution in [-0.4, -0.2) is 28.2 Å². The fourth-order valence-corrected chi connectivity index (χ4v) is 3.10. The van der Waals surface area contributed by atoms with Crippen LogP contribution in [0.2, 0.25) is 0 Å². The number of hydrogen-bond donors (Lipinski definition) is 1. The minimum atomic E-state index is -3.70. The minimum absolute atomic E-state index is 0.169. The maximum atomic E-state index is 11.5. The van der Waals surface area contributed by atoms with Crippen molar-refractivity contribution in [1.29, 1.82) is 0 Å². The van der Waals surface area contributed by atoms with Gasteiger partial charge in [-0.2, -0.15) is 0 Å². The molecule has 1 rings (SSSR count). The van der Waals surface area contributed by atoms with Gasteiger partial charge in [-0.3, -0.25) is 0 Å². The Balaban J connectivity index is 2.55. The predicted octanol–water partition coefficient (Wildman–Crippen LogP) is 2.39. The molecule has 0 heterocycles. The van der Waals surface area contributed by atoms with Crippen molar-refractivity contribution >= 4 is 10.0 Å². The lowest BCUT2D eigenvalue weighted by atomic mass is 10.1. The average Bonchev–Trinajstić information content (AvgIpc) is 2.30. The molecule has 0 radical (unpaired) electrons. The van der Waals surface area contributed by atoms with E-state index in [1.54, 1.807) is 26.0 Å². The molecule has 0 amide bonds. The summed E-state index contributed by atoms with van der Waals surface area (Å²) in [6, 6.07) is 3.36. The smallest absolute Gasteiger partial charge is 0.238 e. The van der Waals surface area contributed by atoms with Crippen molar-refractivity contribution in [2.75, 3.05) is 19.8 Å². The fraction of sp³-hybridized carbons (Fsp3) is 0.600. The summed E-state index contributed by atoms with van der Waals surface area (Å²) in [7, 11) is -3.70. The molecule has 21 heavy (non-hydrogen) atoms. The van der Waals surface area contributed by atoms with E-state index in [4.69, 9.17) is 14.6 Å². The number of hydrogen-bond acceptors (Lipinski definition) is 4. The molecule has 0 aromatic heterocycles. The van der Waals surface area contributed by atoms with E-state index in [1.165, 1.54) is 0 Å². The Hall–Kier alpha value is -1.11. The van der Waals surface area contributed by atoms with E-state index < -0.39 is 10.0 Å². The van der Waals surface area contributed by atoms with Gasteiger partial charge in [0, 0.05) is 6.61 Å². The SMILES string of the molecule is Cc1cc(OCCOCCC(C)C)cc(C)c1S(N)(=O)=O. The van der Waals surface area contributed by atoms with Crippen LogP contribution in [0, 0.1) is 19.8 Å². The van der Waals surface area contributed by atoms with Crippen molar-refractivity contribution < 1.29 is 17.9 Å². The summed E-state index contributed by atoms with van der Waals surface area (Å²) >= 11 is 0. The highest BCUT2D eigenvalue weighted by molar-refractivity contribution is 7.89. The van der Waals surface area contributed by atoms with Gasteiger partial charge < -0.3 is 9.47 Å². The van der Waals surface area contributed by atoms with Gasteiger partial charge in [-0.05, 0) is 49.4 Å². The van der Waals surface area contributed by atoms with Crippen LogP contribution in [-0.2, 0) is 14.8 Å². The standard InChI is InChI=1S/C15H25NO4S/c1-11(2)5-6-19-7-8-20-14-9-12(3)15(13(4)10-14)21(16,17)18/h9-11H,5-8H2,1-4H3,(H2,16,17,18). The Morgan fingerprint density at radius 3 is 2.14 bits per heavy atom. The van der Waals surface area contributed by atoms with Crippen LogP contribution in [0.4, 0.5) is 0 Å². The van der Waals surface area contributed by atoms with Crippen LogP contribution in [0.5, 0.6) is 5.75 Å². The van der Waals surface area contributed by atoms with Gasteiger partial charge in [-0.1, -0.05) is 13.8 Å². The molecule has 0 spiro atoms. The molecule has 0 bridgehead atoms. The Kier molecular flexibility index (Phi) is 6.64. The van der Waals surface area contributed by atoms with E-state index in [2.05, 4.69) is 13.8 Å². The molecule has 0 fully saturated rings. The van der Waals surface area contributed by atoms with E-state index in [1.807, 2.05) is 0 Å². The number of benzene rings is 1. The lowest BCUT2D eigenvalue weighted by Gasteiger charge is -2.12. The molecule has 0 saturated heterocycles. The largest absolute Gasteiger partial charge is 0.491 e. The summed E-state index contributed by atoms with van der Waals surface area (Å²) in [6.45, 7) is 9.39. The normalized spacial score (nSPS) is 11.9. The third-order valence-electron chi connectivity index (χ3n) is 3.05. The number of rotatable bonds is 8. The van der Waals surface area contributed by atoms with E-state index in [9.17, 15) is 8.42 Å². The summed E-state index contributed by atoms with van der Waals surface area (Å²) in [5.41, 5.74) is 1.18. The first-order valence-electron chi connectivity index (χ1n) is 7.06. The second kappa shape index (κ2) is 7.77. The minimum Gasteiger partial charge on any atom is -0.491 e. The van der Waals surface area contributed by atoms with Crippen molar-refractivity contribution in [1.82, 2.24) is 0 Å². The fourth-order valence-electron chi connectivity index (χ4n) is 2.08. The topological polar surface area (TPSA) is 78.6 Å². The third-order valence-corrected chi connectivity index (χ3v) is 4.27. The Bertz CT molecular complexity index is 544. The highest BCUT2D eigenvalue weighted by Gasteiger charge is 2.16. The Morgan fingerprint density at radius 2 is 1.67 bits per heavy atom. The number of primary sulfonamides is 1. The van der Waals surface area contributed by atoms with E-state index in [0.717, 1.165) is 13.0 Å². The Labute approximate surface area is 127 Å². The number of aryl methyl sites for hydroxylation is 2. The van der Waals surface area contributed by atoms with Crippen LogP contribution in [0.3, 0.4) is 0 Å². The molecule has 120 valence electrons. The first-order valence-corrected chi connectivity index (χ1v) is 8.61. The highest BCUT2D eigenvalue weighted by atomic mass is 32.2. The lowest BCUT2D eigenvalue weighted by molar-refractivity contribution is 0.0925. The monoisotopic (exact) mass is 315 g/mol. The van der Waals surface area contributed by atoms with Gasteiger partial charge in [0.25, 0.3) is 0 Å². The van der Waals surface area contributed by atoms with E-state index >= 15 is 0 Å². The zero-order valence-electron chi connectivity index (χ0n) is 13.2. The lowest BCUT2D eigenvalue weighted by Crippen LogP contribution is -2.15. The van der Waals surface area contributed by atoms with Gasteiger partial charge >= 0.3 is 0 Å². The summed E-state index contributed by atoms with van der Waals surface area (Å²) < 4.78 is 34.0. The number of nitrogens with two attached hydrogens (primary N) is 1. The second-order valence-electron chi connectivity index (χ2n) is 5.57. The molecule has 0 unspecified atom stereocenters. The van der Waals surface area contributed by atoms with Crippen LogP contribution < -0.4 is 9.88 Å². The third kappa shape index (κ3) is 6.03. The highest BCUT2D eigenvalue weighted by Crippen LogP contribution is 2.24. The number of ether oxygens (including phenoxy) is 2. The Morgan fingerprint density at radius 1 is 1.10 bits per heavy atom. The maximum Gasteiger partial charge on any atom is 0.238 e. The molecule has 0 saturated carbocycles. The van der Waals surface area contributed by atoms with Gasteiger partial charge in [-0.25, -0.2) is 13.6 Å². The van der Waals surface area contributed by atoms with Crippen LogP contribution in [0.15, 0.2) is 17.0 Å². The first kappa shape index (κ1) is 17.9. The predicted molar refractivity (Wildman–Crippen MR) is 83.1 cm³/mol. The molecular formula is C15H25NO4S. The molecule has 0 aliphatic heterocycles. The molecule has 0 aliphatic rings. The summed E-state index contributed by atoms with van der Waals surface area (Å²) in [4.78, 5) is 0.169. The summed E-state index contributed by atoms with van der Waals surface area (Å²) in [5, 5.41) is 5.20. The molecule has 5 nitrogen and oxygen atoms in total. The van der Waals surface area contributed by atoms with Gasteiger partial charge in [0.15, 0.2) is 0 Å². The zero-order chi connectivity index (χ0) is 16.0. The van der Waals surface area contributed by atoms with Crippen molar-refractivity contribution in [2.24, 2.45) is 11.1 Å². The molecule has 1 aromatic carbocycles. The summed E-state index contributed by atoms with van der Waals surface area (Å²) in [6.07, 6.45) is 1.03. The van der Waals surface area contributed by atoms with Crippen molar-refractivity contribution in [3.8, 4) is 5.75 Å². The van der Waals surface area contributed by atoms with Crippen molar-refractivity contribution in [3.05, 3.63) is 23.3 Å². The molecule has 6 heteroatoms. The maximum absolute atomic E-state index is 11.5. The van der Waals surface area contributed by atoms with Gasteiger partial charge in [0.2, 0.25) is 10.0 Å². The molecule has 2 N–H and O–H groups in total. The number of sulfonamides is 1. The average molecular weight is 315 g/mol. The van der Waals surface area contributed by atoms with Crippen LogP contribution in [0.25, 0.3) is 0 Å². The van der Waals surface area contributed by atoms with E-state index in [0.29, 0.717) is 36.0 Å². The van der Waals surface area contributed by atoms with Crippen molar-refractivity contribution in [2.45, 2.75) is 39.0 Å². The molecular weight excluding hydrogens is 290 g/mol. The van der Waals surface area contributed by atoms with Gasteiger partial charge in [0.05, 0.1) is 11.5 Å². The van der Waals surface area contributed by atoms with Crippen LogP contribution >= 0.6 is 0 Å². The van der Waals surface area contributed by atoms with Gasteiger partial charge in [-0.15, -0.1) is 0 Å². The van der Waals surface area contributed by atoms with Gasteiger partial charge in [0.1, 0.15) is 12.4 Å². The first-order chi connectivity index (χ1) is 9.71. The quantitative estimate of drug-likeness (QED) is 0.747. The molecule has 0 aliphatic carbocycles. The van der Waals surface area contributed by atoms with Crippen molar-refractivity contribution in [3.63, 3.8) is 0 Å². The molecule has 0 atom stereocenters. The summed E-state index contributed by atoms with van der Waals surface area (Å²) in [5.74, 6) is 1.26. The second-order valence-corrected chi connectivity index (χ2v) is 7.07. The molecule has 1 aromatic rings. The van der Waals surface area contributed by atoms with E-state index in [-0.39, 0.29) is 4.90 Å². The van der Waals surface area contributed by atoms with Crippen LogP contribution in [0.1, 0.15) is 31.4 Å². The zero-order valence-corrected chi connectivity index (χ0v) is 14.0.